The summed E-state index contributed by atoms with van der Waals surface area (Å²) >= 11 is 6.18. The summed E-state index contributed by atoms with van der Waals surface area (Å²) in [6.07, 6.45) is 0.302. The lowest BCUT2D eigenvalue weighted by Crippen LogP contribution is -2.30. The number of aliphatic hydroxyl groups excluding tert-OH is 1. The first-order valence-corrected chi connectivity index (χ1v) is 11.8. The topological polar surface area (TPSA) is 86.7 Å². The van der Waals surface area contributed by atoms with E-state index >= 15 is 0 Å². The molecule has 0 fully saturated rings. The summed E-state index contributed by atoms with van der Waals surface area (Å²) in [4.78, 5) is 12.4. The van der Waals surface area contributed by atoms with Crippen molar-refractivity contribution in [3.63, 3.8) is 0 Å². The van der Waals surface area contributed by atoms with Gasteiger partial charge in [0.05, 0.1) is 24.6 Å². The number of carbonyl (C=O) groups is 1. The van der Waals surface area contributed by atoms with Gasteiger partial charge in [-0.3, -0.25) is 9.10 Å². The van der Waals surface area contributed by atoms with Crippen molar-refractivity contribution >= 4 is 33.2 Å². The third-order valence-corrected chi connectivity index (χ3v) is 6.24. The fourth-order valence-electron chi connectivity index (χ4n) is 3.04. The van der Waals surface area contributed by atoms with E-state index in [4.69, 9.17) is 11.6 Å². The first-order chi connectivity index (χ1) is 14.8. The Bertz CT molecular complexity index is 1140. The van der Waals surface area contributed by atoms with E-state index < -0.39 is 16.1 Å². The van der Waals surface area contributed by atoms with Crippen molar-refractivity contribution < 1.29 is 18.3 Å². The Labute approximate surface area is 187 Å². The molecule has 162 valence electrons. The number of amides is 1. The maximum atomic E-state index is 12.4. The van der Waals surface area contributed by atoms with Gasteiger partial charge in [-0.15, -0.1) is 0 Å². The fraction of sp³-hybridized carbons (Fsp3) is 0.174. The molecule has 0 saturated carbocycles. The van der Waals surface area contributed by atoms with Gasteiger partial charge in [0.2, 0.25) is 10.0 Å². The Balaban J connectivity index is 1.71. The number of nitrogens with one attached hydrogen (secondary N) is 1. The molecule has 3 aromatic rings. The van der Waals surface area contributed by atoms with E-state index in [1.54, 1.807) is 60.7 Å². The zero-order chi connectivity index (χ0) is 22.4. The lowest BCUT2D eigenvalue weighted by atomic mass is 10.1. The highest BCUT2D eigenvalue weighted by Gasteiger charge is 2.19. The third-order valence-electron chi connectivity index (χ3n) is 4.73. The van der Waals surface area contributed by atoms with E-state index in [1.807, 2.05) is 18.2 Å². The van der Waals surface area contributed by atoms with Gasteiger partial charge in [-0.1, -0.05) is 60.1 Å². The molecule has 2 N–H and O–H groups in total. The molecule has 1 atom stereocenters. The lowest BCUT2D eigenvalue weighted by Gasteiger charge is -2.23. The van der Waals surface area contributed by atoms with E-state index in [9.17, 15) is 18.3 Å². The van der Waals surface area contributed by atoms with Crippen molar-refractivity contribution in [2.75, 3.05) is 17.1 Å². The van der Waals surface area contributed by atoms with Gasteiger partial charge in [-0.2, -0.15) is 0 Å². The molecule has 0 aliphatic heterocycles. The van der Waals surface area contributed by atoms with Crippen LogP contribution in [0.3, 0.4) is 0 Å². The Morgan fingerprint density at radius 1 is 1.00 bits per heavy atom. The van der Waals surface area contributed by atoms with Gasteiger partial charge in [0.1, 0.15) is 0 Å². The average Bonchev–Trinajstić information content (AvgIpc) is 2.76. The third kappa shape index (κ3) is 6.07. The van der Waals surface area contributed by atoms with E-state index in [2.05, 4.69) is 5.32 Å². The molecule has 1 unspecified atom stereocenters. The molecular formula is C23H23ClN2O4S. The number of rotatable bonds is 8. The highest BCUT2D eigenvalue weighted by atomic mass is 35.5. The molecule has 0 saturated heterocycles. The summed E-state index contributed by atoms with van der Waals surface area (Å²) in [5.74, 6) is -0.362. The fourth-order valence-corrected chi connectivity index (χ4v) is 4.12. The molecule has 0 heterocycles. The number of nitrogens with zero attached hydrogens (tertiary/aromatic N) is 1. The number of halogens is 1. The largest absolute Gasteiger partial charge is 0.387 e. The molecule has 0 aromatic heterocycles. The Morgan fingerprint density at radius 3 is 2.23 bits per heavy atom. The summed E-state index contributed by atoms with van der Waals surface area (Å²) in [6, 6.07) is 22.3. The van der Waals surface area contributed by atoms with Gasteiger partial charge >= 0.3 is 0 Å². The van der Waals surface area contributed by atoms with Crippen molar-refractivity contribution in [3.8, 4) is 0 Å². The SMILES string of the molecule is CS(=O)(=O)N(Cc1ccccc1Cl)c1ccc(C(=O)NCC(O)c2ccccc2)cc1. The van der Waals surface area contributed by atoms with E-state index in [-0.39, 0.29) is 19.0 Å². The quantitative estimate of drug-likeness (QED) is 0.538. The lowest BCUT2D eigenvalue weighted by molar-refractivity contribution is 0.0916. The van der Waals surface area contributed by atoms with Crippen LogP contribution in [0.15, 0.2) is 78.9 Å². The standard InChI is InChI=1S/C23H23ClN2O4S/c1-31(29,30)26(16-19-9-5-6-10-21(19)24)20-13-11-18(12-14-20)23(28)25-15-22(27)17-7-3-2-4-8-17/h2-14,22,27H,15-16H2,1H3,(H,25,28). The summed E-state index contributed by atoms with van der Waals surface area (Å²) in [5, 5.41) is 13.3. The summed E-state index contributed by atoms with van der Waals surface area (Å²) in [7, 11) is -3.58. The first-order valence-electron chi connectivity index (χ1n) is 9.58. The van der Waals surface area contributed by atoms with Crippen LogP contribution >= 0.6 is 11.6 Å². The van der Waals surface area contributed by atoms with Crippen LogP contribution in [0.1, 0.15) is 27.6 Å². The second-order valence-electron chi connectivity index (χ2n) is 7.04. The normalized spacial score (nSPS) is 12.2. The van der Waals surface area contributed by atoms with E-state index in [0.717, 1.165) is 6.26 Å². The number of hydrogen-bond acceptors (Lipinski definition) is 4. The summed E-state index contributed by atoms with van der Waals surface area (Å²) in [5.41, 5.74) is 2.16. The van der Waals surface area contributed by atoms with Crippen molar-refractivity contribution in [1.82, 2.24) is 5.32 Å². The van der Waals surface area contributed by atoms with Gasteiger partial charge < -0.3 is 10.4 Å². The monoisotopic (exact) mass is 458 g/mol. The van der Waals surface area contributed by atoms with Crippen LogP contribution in [0.2, 0.25) is 5.02 Å². The number of sulfonamides is 1. The minimum atomic E-state index is -3.58. The molecule has 0 spiro atoms. The van der Waals surface area contributed by atoms with Crippen LogP contribution in [-0.2, 0) is 16.6 Å². The van der Waals surface area contributed by atoms with Crippen LogP contribution in [0.5, 0.6) is 0 Å². The zero-order valence-electron chi connectivity index (χ0n) is 16.9. The Hall–Kier alpha value is -2.87. The summed E-state index contributed by atoms with van der Waals surface area (Å²) < 4.78 is 25.9. The summed E-state index contributed by atoms with van der Waals surface area (Å²) in [6.45, 7) is 0.139. The number of aliphatic hydroxyl groups is 1. The minimum absolute atomic E-state index is 0.0621. The van der Waals surface area contributed by atoms with Crippen molar-refractivity contribution in [2.45, 2.75) is 12.6 Å². The van der Waals surface area contributed by atoms with Gasteiger partial charge in [0.15, 0.2) is 0 Å². The van der Waals surface area contributed by atoms with Crippen LogP contribution in [-0.4, -0.2) is 32.2 Å². The average molecular weight is 459 g/mol. The smallest absolute Gasteiger partial charge is 0.251 e. The van der Waals surface area contributed by atoms with Gasteiger partial charge in [-0.25, -0.2) is 8.42 Å². The van der Waals surface area contributed by atoms with E-state index in [0.29, 0.717) is 27.4 Å². The molecule has 8 heteroatoms. The zero-order valence-corrected chi connectivity index (χ0v) is 18.5. The second kappa shape index (κ2) is 9.96. The molecule has 6 nitrogen and oxygen atoms in total. The van der Waals surface area contributed by atoms with Crippen molar-refractivity contribution in [1.29, 1.82) is 0 Å². The van der Waals surface area contributed by atoms with Gasteiger partial charge in [-0.05, 0) is 41.5 Å². The predicted molar refractivity (Wildman–Crippen MR) is 123 cm³/mol. The van der Waals surface area contributed by atoms with Crippen molar-refractivity contribution in [2.24, 2.45) is 0 Å². The number of hydrogen-bond donors (Lipinski definition) is 2. The number of benzene rings is 3. The molecule has 0 radical (unpaired) electrons. The van der Waals surface area contributed by atoms with Crippen LogP contribution < -0.4 is 9.62 Å². The second-order valence-corrected chi connectivity index (χ2v) is 9.36. The molecule has 0 aliphatic rings. The van der Waals surface area contributed by atoms with Crippen LogP contribution in [0.4, 0.5) is 5.69 Å². The number of carbonyl (C=O) groups excluding carboxylic acids is 1. The maximum absolute atomic E-state index is 12.4. The Kier molecular flexibility index (Phi) is 7.33. The highest BCUT2D eigenvalue weighted by molar-refractivity contribution is 7.92. The number of anilines is 1. The molecule has 0 bridgehead atoms. The van der Waals surface area contributed by atoms with Crippen LogP contribution in [0, 0.1) is 0 Å². The minimum Gasteiger partial charge on any atom is -0.387 e. The highest BCUT2D eigenvalue weighted by Crippen LogP contribution is 2.24. The van der Waals surface area contributed by atoms with Crippen LogP contribution in [0.25, 0.3) is 0 Å². The van der Waals surface area contributed by atoms with Crippen molar-refractivity contribution in [3.05, 3.63) is 101 Å². The first kappa shape index (κ1) is 22.8. The van der Waals surface area contributed by atoms with Gasteiger partial charge in [0, 0.05) is 17.1 Å². The molecule has 1 amide bonds. The molecular weight excluding hydrogens is 436 g/mol. The Morgan fingerprint density at radius 2 is 1.61 bits per heavy atom. The maximum Gasteiger partial charge on any atom is 0.251 e. The molecule has 3 aromatic carbocycles. The molecule has 0 aliphatic carbocycles. The van der Waals surface area contributed by atoms with Gasteiger partial charge in [0.25, 0.3) is 5.91 Å². The molecule has 31 heavy (non-hydrogen) atoms. The molecule has 3 rings (SSSR count). The predicted octanol–water partition coefficient (Wildman–Crippen LogP) is 3.77. The van der Waals surface area contributed by atoms with E-state index in [1.165, 1.54) is 4.31 Å².